The highest BCUT2D eigenvalue weighted by Crippen LogP contribution is 2.40. The highest BCUT2D eigenvalue weighted by Gasteiger charge is 2.33. The SMILES string of the molecule is CN=C(NCCS(=O)C(C)(C)C)NCC1(CCOC)CCCC1. The second-order valence-corrected chi connectivity index (χ2v) is 9.79. The van der Waals surface area contributed by atoms with E-state index in [1.165, 1.54) is 25.7 Å². The maximum atomic E-state index is 12.1. The molecule has 2 N–H and O–H groups in total. The minimum absolute atomic E-state index is 0.160. The number of nitrogens with zero attached hydrogens (tertiary/aromatic N) is 1. The molecule has 23 heavy (non-hydrogen) atoms. The van der Waals surface area contributed by atoms with Crippen molar-refractivity contribution in [3.8, 4) is 0 Å². The zero-order valence-electron chi connectivity index (χ0n) is 15.5. The largest absolute Gasteiger partial charge is 0.385 e. The number of ether oxygens (including phenoxy) is 1. The van der Waals surface area contributed by atoms with Crippen LogP contribution in [0.25, 0.3) is 0 Å². The van der Waals surface area contributed by atoms with Crippen LogP contribution in [0.5, 0.6) is 0 Å². The van der Waals surface area contributed by atoms with Crippen LogP contribution in [0.2, 0.25) is 0 Å². The van der Waals surface area contributed by atoms with E-state index in [0.717, 1.165) is 25.5 Å². The van der Waals surface area contributed by atoms with Gasteiger partial charge < -0.3 is 15.4 Å². The van der Waals surface area contributed by atoms with Crippen molar-refractivity contribution < 1.29 is 8.95 Å². The molecule has 1 unspecified atom stereocenters. The zero-order chi connectivity index (χ0) is 17.3. The molecule has 0 aliphatic heterocycles. The standard InChI is InChI=1S/C17H35N3O2S/c1-16(2,3)23(21)13-11-19-15(18-4)20-14-17(10-12-22-5)8-6-7-9-17/h6-14H2,1-5H3,(H2,18,19,20). The first kappa shape index (κ1) is 20.4. The molecule has 1 atom stereocenters. The molecule has 1 aliphatic rings. The lowest BCUT2D eigenvalue weighted by atomic mass is 9.83. The molecule has 0 bridgehead atoms. The molecule has 136 valence electrons. The third-order valence-electron chi connectivity index (χ3n) is 4.62. The third-order valence-corrected chi connectivity index (χ3v) is 6.56. The quantitative estimate of drug-likeness (QED) is 0.523. The average molecular weight is 346 g/mol. The van der Waals surface area contributed by atoms with Crippen LogP contribution in [0.1, 0.15) is 52.9 Å². The fourth-order valence-electron chi connectivity index (χ4n) is 3.02. The molecule has 1 fully saturated rings. The van der Waals surface area contributed by atoms with Crippen LogP contribution in [-0.2, 0) is 15.5 Å². The minimum Gasteiger partial charge on any atom is -0.385 e. The van der Waals surface area contributed by atoms with Crippen molar-refractivity contribution in [2.75, 3.05) is 39.6 Å². The van der Waals surface area contributed by atoms with E-state index in [0.29, 0.717) is 17.7 Å². The lowest BCUT2D eigenvalue weighted by Gasteiger charge is -2.30. The Balaban J connectivity index is 2.39. The van der Waals surface area contributed by atoms with Gasteiger partial charge in [0.2, 0.25) is 0 Å². The van der Waals surface area contributed by atoms with Gasteiger partial charge in [-0.15, -0.1) is 0 Å². The van der Waals surface area contributed by atoms with Gasteiger partial charge in [0.05, 0.1) is 0 Å². The smallest absolute Gasteiger partial charge is 0.191 e. The van der Waals surface area contributed by atoms with Crippen LogP contribution in [0.15, 0.2) is 4.99 Å². The summed E-state index contributed by atoms with van der Waals surface area (Å²) in [6.07, 6.45) is 6.23. The number of guanidine groups is 1. The maximum absolute atomic E-state index is 12.1. The van der Waals surface area contributed by atoms with E-state index in [1.54, 1.807) is 14.2 Å². The van der Waals surface area contributed by atoms with Gasteiger partial charge >= 0.3 is 0 Å². The van der Waals surface area contributed by atoms with Crippen molar-refractivity contribution in [3.63, 3.8) is 0 Å². The number of aliphatic imine (C=N–C) groups is 1. The van der Waals surface area contributed by atoms with Gasteiger partial charge in [0, 0.05) is 55.2 Å². The summed E-state index contributed by atoms with van der Waals surface area (Å²) in [6.45, 7) is 8.45. The molecule has 0 aromatic carbocycles. The molecule has 0 heterocycles. The van der Waals surface area contributed by atoms with Crippen molar-refractivity contribution in [2.45, 2.75) is 57.6 Å². The van der Waals surface area contributed by atoms with E-state index in [1.807, 2.05) is 20.8 Å². The Bertz CT molecular complexity index is 399. The van der Waals surface area contributed by atoms with Gasteiger partial charge in [-0.3, -0.25) is 9.20 Å². The van der Waals surface area contributed by atoms with E-state index >= 15 is 0 Å². The number of hydrogen-bond donors (Lipinski definition) is 2. The first-order valence-corrected chi connectivity index (χ1v) is 9.97. The molecular weight excluding hydrogens is 310 g/mol. The fraction of sp³-hybridized carbons (Fsp3) is 0.941. The Hall–Kier alpha value is -0.620. The van der Waals surface area contributed by atoms with Crippen LogP contribution >= 0.6 is 0 Å². The normalized spacial score (nSPS) is 19.6. The summed E-state index contributed by atoms with van der Waals surface area (Å²) in [6, 6.07) is 0. The molecule has 0 radical (unpaired) electrons. The number of hydrogen-bond acceptors (Lipinski definition) is 3. The van der Waals surface area contributed by atoms with Crippen molar-refractivity contribution in [3.05, 3.63) is 0 Å². The molecule has 0 saturated heterocycles. The van der Waals surface area contributed by atoms with Crippen LogP contribution < -0.4 is 10.6 Å². The van der Waals surface area contributed by atoms with E-state index < -0.39 is 10.8 Å². The topological polar surface area (TPSA) is 62.7 Å². The molecular formula is C17H35N3O2S. The van der Waals surface area contributed by atoms with Gasteiger partial charge in [-0.25, -0.2) is 0 Å². The van der Waals surface area contributed by atoms with Crippen LogP contribution in [-0.4, -0.2) is 54.5 Å². The number of nitrogens with one attached hydrogen (secondary N) is 2. The summed E-state index contributed by atoms with van der Waals surface area (Å²) in [5.74, 6) is 1.44. The molecule has 1 rings (SSSR count). The number of methoxy groups -OCH3 is 1. The van der Waals surface area contributed by atoms with Crippen LogP contribution in [0.4, 0.5) is 0 Å². The van der Waals surface area contributed by atoms with Gasteiger partial charge in [-0.1, -0.05) is 12.8 Å². The van der Waals surface area contributed by atoms with Crippen molar-refractivity contribution in [2.24, 2.45) is 10.4 Å². The molecule has 0 spiro atoms. The van der Waals surface area contributed by atoms with Crippen molar-refractivity contribution in [1.29, 1.82) is 0 Å². The monoisotopic (exact) mass is 345 g/mol. The third kappa shape index (κ3) is 7.21. The Morgan fingerprint density at radius 3 is 2.43 bits per heavy atom. The Morgan fingerprint density at radius 1 is 1.26 bits per heavy atom. The van der Waals surface area contributed by atoms with E-state index in [2.05, 4.69) is 15.6 Å². The average Bonchev–Trinajstić information content (AvgIpc) is 2.96. The lowest BCUT2D eigenvalue weighted by Crippen LogP contribution is -2.44. The van der Waals surface area contributed by atoms with Gasteiger partial charge in [0.15, 0.2) is 5.96 Å². The highest BCUT2D eigenvalue weighted by atomic mass is 32.2. The van der Waals surface area contributed by atoms with Crippen LogP contribution in [0, 0.1) is 5.41 Å². The molecule has 0 aromatic heterocycles. The molecule has 6 heteroatoms. The van der Waals surface area contributed by atoms with E-state index in [9.17, 15) is 4.21 Å². The summed E-state index contributed by atoms with van der Waals surface area (Å²) in [5, 5.41) is 6.74. The van der Waals surface area contributed by atoms with Crippen molar-refractivity contribution >= 4 is 16.8 Å². The summed E-state index contributed by atoms with van der Waals surface area (Å²) in [5.41, 5.74) is 0.335. The molecule has 1 aliphatic carbocycles. The summed E-state index contributed by atoms with van der Waals surface area (Å²) in [7, 11) is 2.72. The lowest BCUT2D eigenvalue weighted by molar-refractivity contribution is 0.138. The summed E-state index contributed by atoms with van der Waals surface area (Å²) in [4.78, 5) is 4.28. The first-order valence-electron chi connectivity index (χ1n) is 8.65. The maximum Gasteiger partial charge on any atom is 0.191 e. The van der Waals surface area contributed by atoms with Gasteiger partial charge in [0.1, 0.15) is 0 Å². The molecule has 1 saturated carbocycles. The molecule has 0 amide bonds. The van der Waals surface area contributed by atoms with Crippen molar-refractivity contribution in [1.82, 2.24) is 10.6 Å². The first-order chi connectivity index (χ1) is 10.8. The predicted molar refractivity (Wildman–Crippen MR) is 99.5 cm³/mol. The van der Waals surface area contributed by atoms with E-state index in [-0.39, 0.29) is 4.75 Å². The summed E-state index contributed by atoms with van der Waals surface area (Å²) >= 11 is 0. The molecule has 0 aromatic rings. The second-order valence-electron chi connectivity index (χ2n) is 7.46. The van der Waals surface area contributed by atoms with Gasteiger partial charge in [0.25, 0.3) is 0 Å². The van der Waals surface area contributed by atoms with Gasteiger partial charge in [-0.05, 0) is 45.4 Å². The Labute approximate surface area is 144 Å². The Kier molecular flexibility index (Phi) is 8.54. The zero-order valence-corrected chi connectivity index (χ0v) is 16.4. The summed E-state index contributed by atoms with van der Waals surface area (Å²) < 4.78 is 17.2. The predicted octanol–water partition coefficient (Wildman–Crippen LogP) is 2.30. The van der Waals surface area contributed by atoms with Crippen LogP contribution in [0.3, 0.4) is 0 Å². The van der Waals surface area contributed by atoms with E-state index in [4.69, 9.17) is 4.74 Å². The molecule has 5 nitrogen and oxygen atoms in total. The highest BCUT2D eigenvalue weighted by molar-refractivity contribution is 7.86. The minimum atomic E-state index is -0.836. The fourth-order valence-corrected chi connectivity index (χ4v) is 3.92. The Morgan fingerprint density at radius 2 is 1.91 bits per heavy atom. The van der Waals surface area contributed by atoms with Gasteiger partial charge in [-0.2, -0.15) is 0 Å². The second kappa shape index (κ2) is 9.62. The number of rotatable bonds is 8.